The Hall–Kier alpha value is -0.790. The molecule has 1 aliphatic carbocycles. The molecule has 0 radical (unpaired) electrons. The van der Waals surface area contributed by atoms with Crippen LogP contribution in [-0.4, -0.2) is 12.1 Å². The van der Waals surface area contributed by atoms with Gasteiger partial charge in [0.2, 0.25) is 0 Å². The molecular formula is C13H22O2. The fourth-order valence-corrected chi connectivity index (χ4v) is 2.83. The van der Waals surface area contributed by atoms with E-state index in [4.69, 9.17) is 4.74 Å². The van der Waals surface area contributed by atoms with Gasteiger partial charge in [0.1, 0.15) is 5.60 Å². The highest BCUT2D eigenvalue weighted by Crippen LogP contribution is 2.44. The molecule has 1 aliphatic rings. The average molecular weight is 210 g/mol. The van der Waals surface area contributed by atoms with Crippen molar-refractivity contribution < 1.29 is 9.53 Å². The largest absolute Gasteiger partial charge is 0.461 e. The van der Waals surface area contributed by atoms with Gasteiger partial charge in [-0.05, 0) is 31.6 Å². The van der Waals surface area contributed by atoms with Crippen LogP contribution >= 0.6 is 0 Å². The van der Waals surface area contributed by atoms with Crippen LogP contribution in [0.1, 0.15) is 46.5 Å². The zero-order valence-electron chi connectivity index (χ0n) is 10.1. The number of rotatable bonds is 4. The molecule has 0 N–H and O–H groups in total. The van der Waals surface area contributed by atoms with Crippen LogP contribution in [0.25, 0.3) is 0 Å². The highest BCUT2D eigenvalue weighted by Gasteiger charge is 2.45. The fourth-order valence-electron chi connectivity index (χ4n) is 2.83. The van der Waals surface area contributed by atoms with E-state index in [1.54, 1.807) is 0 Å². The van der Waals surface area contributed by atoms with Gasteiger partial charge in [0.15, 0.2) is 0 Å². The van der Waals surface area contributed by atoms with E-state index in [2.05, 4.69) is 27.4 Å². The molecule has 0 aromatic heterocycles. The van der Waals surface area contributed by atoms with E-state index < -0.39 is 0 Å². The second kappa shape index (κ2) is 4.82. The van der Waals surface area contributed by atoms with Crippen molar-refractivity contribution in [2.24, 2.45) is 11.8 Å². The monoisotopic (exact) mass is 210 g/mol. The van der Waals surface area contributed by atoms with Crippen LogP contribution in [0.3, 0.4) is 0 Å². The molecule has 0 aromatic rings. The molecule has 2 nitrogen and oxygen atoms in total. The summed E-state index contributed by atoms with van der Waals surface area (Å²) in [4.78, 5) is 10.7. The van der Waals surface area contributed by atoms with Gasteiger partial charge < -0.3 is 4.74 Å². The van der Waals surface area contributed by atoms with Crippen LogP contribution in [-0.2, 0) is 9.53 Å². The molecule has 0 heterocycles. The van der Waals surface area contributed by atoms with Gasteiger partial charge in [-0.2, -0.15) is 0 Å². The normalized spacial score (nSPS) is 31.7. The van der Waals surface area contributed by atoms with Gasteiger partial charge in [-0.15, -0.1) is 0 Å². The van der Waals surface area contributed by atoms with Gasteiger partial charge in [0.25, 0.3) is 6.47 Å². The Morgan fingerprint density at radius 2 is 2.33 bits per heavy atom. The van der Waals surface area contributed by atoms with Crippen molar-refractivity contribution in [1.29, 1.82) is 0 Å². The number of allylic oxidation sites excluding steroid dienone is 1. The van der Waals surface area contributed by atoms with E-state index in [9.17, 15) is 4.79 Å². The van der Waals surface area contributed by atoms with Crippen LogP contribution < -0.4 is 0 Å². The lowest BCUT2D eigenvalue weighted by Crippen LogP contribution is -2.47. The lowest BCUT2D eigenvalue weighted by Gasteiger charge is -2.45. The van der Waals surface area contributed by atoms with Gasteiger partial charge in [-0.25, -0.2) is 0 Å². The molecule has 0 aromatic carbocycles. The van der Waals surface area contributed by atoms with Crippen LogP contribution in [0.4, 0.5) is 0 Å². The molecule has 0 amide bonds. The molecule has 0 aliphatic heterocycles. The Morgan fingerprint density at radius 3 is 2.80 bits per heavy atom. The van der Waals surface area contributed by atoms with Gasteiger partial charge in [-0.3, -0.25) is 4.79 Å². The Kier molecular flexibility index (Phi) is 3.95. The highest BCUT2D eigenvalue weighted by molar-refractivity contribution is 5.39. The molecule has 1 fully saturated rings. The quantitative estimate of drug-likeness (QED) is 0.525. The molecule has 86 valence electrons. The first-order chi connectivity index (χ1) is 7.06. The summed E-state index contributed by atoms with van der Waals surface area (Å²) >= 11 is 0. The summed E-state index contributed by atoms with van der Waals surface area (Å²) in [5, 5.41) is 0. The Balaban J connectivity index is 2.92. The maximum absolute atomic E-state index is 10.7. The second-order valence-corrected chi connectivity index (χ2v) is 4.88. The van der Waals surface area contributed by atoms with Gasteiger partial charge in [-0.1, -0.05) is 32.9 Å². The number of carbonyl (C=O) groups is 1. The summed E-state index contributed by atoms with van der Waals surface area (Å²) in [6.45, 7) is 11.1. The zero-order chi connectivity index (χ0) is 11.5. The molecule has 1 rings (SSSR count). The average Bonchev–Trinajstić information content (AvgIpc) is 2.20. The van der Waals surface area contributed by atoms with Crippen molar-refractivity contribution in [1.82, 2.24) is 0 Å². The first-order valence-corrected chi connectivity index (χ1v) is 5.85. The van der Waals surface area contributed by atoms with Crippen LogP contribution in [0.2, 0.25) is 0 Å². The lowest BCUT2D eigenvalue weighted by molar-refractivity contribution is -0.161. The third kappa shape index (κ3) is 2.24. The van der Waals surface area contributed by atoms with Crippen molar-refractivity contribution >= 4 is 6.47 Å². The smallest absolute Gasteiger partial charge is 0.293 e. The molecule has 0 bridgehead atoms. The first kappa shape index (κ1) is 12.3. The highest BCUT2D eigenvalue weighted by atomic mass is 16.5. The maximum atomic E-state index is 10.7. The molecule has 0 saturated heterocycles. The molecule has 2 atom stereocenters. The van der Waals surface area contributed by atoms with E-state index >= 15 is 0 Å². The minimum Gasteiger partial charge on any atom is -0.461 e. The molecule has 1 saturated carbocycles. The first-order valence-electron chi connectivity index (χ1n) is 5.85. The summed E-state index contributed by atoms with van der Waals surface area (Å²) in [6.07, 6.45) is 3.97. The van der Waals surface area contributed by atoms with Crippen LogP contribution in [0.5, 0.6) is 0 Å². The molecule has 0 spiro atoms. The summed E-state index contributed by atoms with van der Waals surface area (Å²) in [5.41, 5.74) is 1.05. The van der Waals surface area contributed by atoms with Gasteiger partial charge in [0, 0.05) is 5.92 Å². The predicted octanol–water partition coefficient (Wildman–Crippen LogP) is 3.32. The summed E-state index contributed by atoms with van der Waals surface area (Å²) in [7, 11) is 0. The van der Waals surface area contributed by atoms with Crippen molar-refractivity contribution in [3.8, 4) is 0 Å². The van der Waals surface area contributed by atoms with Crippen molar-refractivity contribution in [3.63, 3.8) is 0 Å². The number of hydrogen-bond acceptors (Lipinski definition) is 2. The summed E-state index contributed by atoms with van der Waals surface area (Å²) in [6, 6.07) is 0. The van der Waals surface area contributed by atoms with E-state index in [1.165, 1.54) is 5.57 Å². The zero-order valence-corrected chi connectivity index (χ0v) is 10.1. The van der Waals surface area contributed by atoms with E-state index in [0.717, 1.165) is 25.7 Å². The molecule has 15 heavy (non-hydrogen) atoms. The topological polar surface area (TPSA) is 26.3 Å². The van der Waals surface area contributed by atoms with Crippen molar-refractivity contribution in [2.75, 3.05) is 0 Å². The maximum Gasteiger partial charge on any atom is 0.293 e. The SMILES string of the molecule is C=C1CCC(OC=O)(C(C)C)C(CC)C1. The number of hydrogen-bond donors (Lipinski definition) is 0. The molecule has 2 heteroatoms. The van der Waals surface area contributed by atoms with E-state index in [1.807, 2.05) is 0 Å². The van der Waals surface area contributed by atoms with Gasteiger partial charge in [0.05, 0.1) is 0 Å². The third-order valence-corrected chi connectivity index (χ3v) is 3.83. The Labute approximate surface area is 92.7 Å². The second-order valence-electron chi connectivity index (χ2n) is 4.88. The summed E-state index contributed by atoms with van der Waals surface area (Å²) < 4.78 is 5.46. The van der Waals surface area contributed by atoms with Crippen LogP contribution in [0.15, 0.2) is 12.2 Å². The van der Waals surface area contributed by atoms with E-state index in [0.29, 0.717) is 18.3 Å². The lowest BCUT2D eigenvalue weighted by atomic mass is 9.67. The Bertz CT molecular complexity index is 245. The number of ether oxygens (including phenoxy) is 1. The van der Waals surface area contributed by atoms with Crippen molar-refractivity contribution in [2.45, 2.75) is 52.1 Å². The fraction of sp³-hybridized carbons (Fsp3) is 0.769. The minimum absolute atomic E-state index is 0.252. The predicted molar refractivity (Wildman–Crippen MR) is 61.5 cm³/mol. The van der Waals surface area contributed by atoms with Gasteiger partial charge >= 0.3 is 0 Å². The molecule has 2 unspecified atom stereocenters. The summed E-state index contributed by atoms with van der Waals surface area (Å²) in [5.74, 6) is 0.810. The number of carbonyl (C=O) groups excluding carboxylic acids is 1. The minimum atomic E-state index is -0.252. The third-order valence-electron chi connectivity index (χ3n) is 3.83. The Morgan fingerprint density at radius 1 is 1.67 bits per heavy atom. The standard InChI is InChI=1S/C13H22O2/c1-5-12-8-11(4)6-7-13(12,10(2)3)15-9-14/h9-10,12H,4-8H2,1-3H3. The van der Waals surface area contributed by atoms with Crippen molar-refractivity contribution in [3.05, 3.63) is 12.2 Å². The van der Waals surface area contributed by atoms with Crippen LogP contribution in [0, 0.1) is 11.8 Å². The van der Waals surface area contributed by atoms with E-state index in [-0.39, 0.29) is 5.60 Å². The molecular weight excluding hydrogens is 188 g/mol.